The van der Waals surface area contributed by atoms with E-state index in [0.717, 1.165) is 21.9 Å². The highest BCUT2D eigenvalue weighted by Crippen LogP contribution is 2.38. The lowest BCUT2D eigenvalue weighted by molar-refractivity contribution is -0.141. The molecule has 0 bridgehead atoms. The minimum Gasteiger partial charge on any atom is -0.397 e. The van der Waals surface area contributed by atoms with E-state index < -0.39 is 17.8 Å². The molecule has 2 heterocycles. The van der Waals surface area contributed by atoms with Crippen LogP contribution in [0.15, 0.2) is 34.8 Å². The van der Waals surface area contributed by atoms with Gasteiger partial charge in [-0.1, -0.05) is 22.0 Å². The number of nitrogens with one attached hydrogen (secondary N) is 1. The van der Waals surface area contributed by atoms with Gasteiger partial charge in [-0.15, -0.1) is 11.3 Å². The molecule has 3 rings (SSSR count). The first-order chi connectivity index (χ1) is 11.7. The van der Waals surface area contributed by atoms with Crippen LogP contribution in [-0.4, -0.2) is 10.9 Å². The number of hydrogen-bond acceptors (Lipinski definition) is 4. The van der Waals surface area contributed by atoms with Gasteiger partial charge in [-0.2, -0.15) is 13.2 Å². The fourth-order valence-electron chi connectivity index (χ4n) is 2.38. The molecule has 0 aliphatic rings. The van der Waals surface area contributed by atoms with Crippen LogP contribution in [0, 0.1) is 6.92 Å². The van der Waals surface area contributed by atoms with Gasteiger partial charge in [0.2, 0.25) is 0 Å². The molecule has 3 N–H and O–H groups in total. The van der Waals surface area contributed by atoms with Gasteiger partial charge in [0.15, 0.2) is 0 Å². The molecule has 130 valence electrons. The molecule has 0 saturated heterocycles. The predicted molar refractivity (Wildman–Crippen MR) is 95.9 cm³/mol. The maximum absolute atomic E-state index is 12.9. The normalized spacial score (nSPS) is 11.7. The van der Waals surface area contributed by atoms with Crippen molar-refractivity contribution < 1.29 is 18.0 Å². The topological polar surface area (TPSA) is 68.0 Å². The fraction of sp³-hybridized carbons (Fsp3) is 0.125. The second-order valence-corrected chi connectivity index (χ2v) is 7.23. The monoisotopic (exact) mass is 429 g/mol. The molecular formula is C16H11BrF3N3OS. The quantitative estimate of drug-likeness (QED) is 0.586. The summed E-state index contributed by atoms with van der Waals surface area (Å²) in [4.78, 5) is 16.3. The average molecular weight is 430 g/mol. The number of rotatable bonds is 2. The molecular weight excluding hydrogens is 419 g/mol. The fourth-order valence-corrected chi connectivity index (χ4v) is 3.84. The van der Waals surface area contributed by atoms with Crippen LogP contribution < -0.4 is 11.1 Å². The van der Waals surface area contributed by atoms with Crippen LogP contribution in [0.25, 0.3) is 10.2 Å². The summed E-state index contributed by atoms with van der Waals surface area (Å²) in [5.41, 5.74) is 6.00. The van der Waals surface area contributed by atoms with Gasteiger partial charge in [-0.05, 0) is 36.8 Å². The summed E-state index contributed by atoms with van der Waals surface area (Å²) in [7, 11) is 0. The van der Waals surface area contributed by atoms with E-state index in [0.29, 0.717) is 16.6 Å². The Hall–Kier alpha value is -2.13. The first kappa shape index (κ1) is 17.7. The summed E-state index contributed by atoms with van der Waals surface area (Å²) >= 11 is 4.14. The van der Waals surface area contributed by atoms with Crippen LogP contribution in [0.1, 0.15) is 20.9 Å². The Morgan fingerprint density at radius 3 is 2.68 bits per heavy atom. The van der Waals surface area contributed by atoms with E-state index in [-0.39, 0.29) is 15.4 Å². The maximum Gasteiger partial charge on any atom is 0.433 e. The molecule has 0 saturated carbocycles. The third-order valence-electron chi connectivity index (χ3n) is 3.48. The summed E-state index contributed by atoms with van der Waals surface area (Å²) in [6, 6.07) is 7.87. The van der Waals surface area contributed by atoms with Gasteiger partial charge in [-0.3, -0.25) is 4.79 Å². The molecule has 0 spiro atoms. The minimum atomic E-state index is -4.56. The van der Waals surface area contributed by atoms with Crippen molar-refractivity contribution in [3.05, 3.63) is 50.9 Å². The zero-order chi connectivity index (χ0) is 18.4. The van der Waals surface area contributed by atoms with E-state index >= 15 is 0 Å². The van der Waals surface area contributed by atoms with Crippen LogP contribution in [0.4, 0.5) is 24.5 Å². The molecule has 9 heteroatoms. The van der Waals surface area contributed by atoms with Crippen molar-refractivity contribution in [3.63, 3.8) is 0 Å². The summed E-state index contributed by atoms with van der Waals surface area (Å²) in [6.07, 6.45) is -4.56. The number of thiophene rings is 1. The molecule has 0 fully saturated rings. The number of pyridine rings is 1. The number of nitrogen functional groups attached to an aromatic ring is 1. The van der Waals surface area contributed by atoms with Gasteiger partial charge in [0.1, 0.15) is 15.4 Å². The number of halogens is 4. The number of carbonyl (C=O) groups is 1. The largest absolute Gasteiger partial charge is 0.433 e. The number of nitrogens with two attached hydrogens (primary N) is 1. The number of amides is 1. The molecule has 2 aromatic heterocycles. The molecule has 0 radical (unpaired) electrons. The van der Waals surface area contributed by atoms with Crippen molar-refractivity contribution in [2.75, 3.05) is 11.1 Å². The predicted octanol–water partition coefficient (Wildman–Crippen LogP) is 5.22. The zero-order valence-corrected chi connectivity index (χ0v) is 15.1. The third kappa shape index (κ3) is 3.47. The van der Waals surface area contributed by atoms with Gasteiger partial charge < -0.3 is 11.1 Å². The van der Waals surface area contributed by atoms with Crippen LogP contribution in [-0.2, 0) is 6.18 Å². The second kappa shape index (κ2) is 6.30. The lowest BCUT2D eigenvalue weighted by atomic mass is 10.1. The lowest BCUT2D eigenvalue weighted by Gasteiger charge is -2.07. The van der Waals surface area contributed by atoms with E-state index in [1.165, 1.54) is 6.92 Å². The first-order valence-corrected chi connectivity index (χ1v) is 8.61. The number of fused-ring (bicyclic) bond motifs is 1. The van der Waals surface area contributed by atoms with Crippen molar-refractivity contribution >= 4 is 54.8 Å². The molecule has 25 heavy (non-hydrogen) atoms. The van der Waals surface area contributed by atoms with Gasteiger partial charge in [-0.25, -0.2) is 4.98 Å². The molecule has 4 nitrogen and oxygen atoms in total. The summed E-state index contributed by atoms with van der Waals surface area (Å²) in [6.45, 7) is 1.51. The van der Waals surface area contributed by atoms with Crippen molar-refractivity contribution in [3.8, 4) is 0 Å². The number of hydrogen-bond donors (Lipinski definition) is 2. The van der Waals surface area contributed by atoms with E-state index in [1.807, 2.05) is 0 Å². The van der Waals surface area contributed by atoms with Crippen molar-refractivity contribution in [2.45, 2.75) is 13.1 Å². The number of aryl methyl sites for hydroxylation is 1. The highest BCUT2D eigenvalue weighted by atomic mass is 79.9. The van der Waals surface area contributed by atoms with Gasteiger partial charge in [0.05, 0.1) is 5.69 Å². The minimum absolute atomic E-state index is 0.0872. The van der Waals surface area contributed by atoms with E-state index in [2.05, 4.69) is 26.2 Å². The summed E-state index contributed by atoms with van der Waals surface area (Å²) < 4.78 is 39.5. The average Bonchev–Trinajstić information content (AvgIpc) is 2.84. The van der Waals surface area contributed by atoms with E-state index in [9.17, 15) is 18.0 Å². The van der Waals surface area contributed by atoms with Crippen molar-refractivity contribution in [1.29, 1.82) is 0 Å². The van der Waals surface area contributed by atoms with Crippen molar-refractivity contribution in [2.24, 2.45) is 0 Å². The Labute approximate surface area is 153 Å². The number of benzene rings is 1. The number of alkyl halides is 3. The Balaban J connectivity index is 2.03. The second-order valence-electron chi connectivity index (χ2n) is 5.31. The molecule has 0 unspecified atom stereocenters. The third-order valence-corrected chi connectivity index (χ3v) is 5.07. The van der Waals surface area contributed by atoms with Crippen LogP contribution in [0.5, 0.6) is 0 Å². The summed E-state index contributed by atoms with van der Waals surface area (Å²) in [5, 5.41) is 3.05. The van der Waals surface area contributed by atoms with Crippen LogP contribution >= 0.6 is 27.3 Å². The molecule has 0 aliphatic carbocycles. The highest BCUT2D eigenvalue weighted by molar-refractivity contribution is 9.10. The Kier molecular flexibility index (Phi) is 4.46. The highest BCUT2D eigenvalue weighted by Gasteiger charge is 2.34. The van der Waals surface area contributed by atoms with Crippen LogP contribution in [0.2, 0.25) is 0 Å². The Morgan fingerprint density at radius 1 is 1.32 bits per heavy atom. The molecule has 0 aliphatic heterocycles. The molecule has 1 aromatic carbocycles. The van der Waals surface area contributed by atoms with E-state index in [4.69, 9.17) is 5.73 Å². The summed E-state index contributed by atoms with van der Waals surface area (Å²) in [5.74, 6) is -0.494. The molecule has 0 atom stereocenters. The van der Waals surface area contributed by atoms with Gasteiger partial charge >= 0.3 is 6.18 Å². The molecule has 1 amide bonds. The number of anilines is 2. The Morgan fingerprint density at radius 2 is 2.04 bits per heavy atom. The Bertz CT molecular complexity index is 985. The zero-order valence-electron chi connectivity index (χ0n) is 12.7. The standard InChI is InChI=1S/C16H11BrF3N3OS/c1-7-5-10(16(18,19)20)23-15-11(7)12(21)13(25-15)14(24)22-9-4-2-3-8(17)6-9/h2-6H,21H2,1H3,(H,22,24). The number of carbonyl (C=O) groups excluding carboxylic acids is 1. The van der Waals surface area contributed by atoms with Gasteiger partial charge in [0, 0.05) is 15.5 Å². The SMILES string of the molecule is Cc1cc(C(F)(F)F)nc2sc(C(=O)Nc3cccc(Br)c3)c(N)c12. The first-order valence-electron chi connectivity index (χ1n) is 7.00. The van der Waals surface area contributed by atoms with E-state index in [1.54, 1.807) is 24.3 Å². The lowest BCUT2D eigenvalue weighted by Crippen LogP contribution is -2.11. The van der Waals surface area contributed by atoms with Crippen molar-refractivity contribution in [1.82, 2.24) is 4.98 Å². The van der Waals surface area contributed by atoms with Crippen LogP contribution in [0.3, 0.4) is 0 Å². The number of nitrogens with zero attached hydrogens (tertiary/aromatic N) is 1. The smallest absolute Gasteiger partial charge is 0.397 e. The maximum atomic E-state index is 12.9. The number of aromatic nitrogens is 1. The molecule has 3 aromatic rings. The van der Waals surface area contributed by atoms with Gasteiger partial charge in [0.25, 0.3) is 5.91 Å².